The van der Waals surface area contributed by atoms with E-state index >= 15 is 0 Å². The van der Waals surface area contributed by atoms with Gasteiger partial charge in [-0.15, -0.1) is 0 Å². The number of fused-ring (bicyclic) bond motifs is 1. The minimum Gasteiger partial charge on any atom is -0.462 e. The Labute approximate surface area is 219 Å². The second-order valence-electron chi connectivity index (χ2n) is 9.63. The fourth-order valence-corrected chi connectivity index (χ4v) is 5.87. The number of ether oxygens (including phenoxy) is 4. The second-order valence-corrected chi connectivity index (χ2v) is 11.9. The minimum absolute atomic E-state index is 0.0524. The third kappa shape index (κ3) is 7.60. The summed E-state index contributed by atoms with van der Waals surface area (Å²) in [6.07, 6.45) is -0.372. The number of carbonyl (C=O) groups excluding carboxylic acids is 2. The number of nitrogens with one attached hydrogen (secondary N) is 3. The maximum absolute atomic E-state index is 13.9. The minimum atomic E-state index is -3.68. The Kier molecular flexibility index (Phi) is 9.65. The van der Waals surface area contributed by atoms with Crippen LogP contribution in [0.3, 0.4) is 0 Å². The van der Waals surface area contributed by atoms with Gasteiger partial charge < -0.3 is 24.7 Å². The number of H-pyrrole nitrogens is 1. The van der Waals surface area contributed by atoms with Gasteiger partial charge >= 0.3 is 11.9 Å². The van der Waals surface area contributed by atoms with E-state index in [4.69, 9.17) is 24.7 Å². The molecule has 0 saturated carbocycles. The molecule has 1 saturated heterocycles. The van der Waals surface area contributed by atoms with Crippen LogP contribution in [0.4, 0.5) is 5.95 Å². The molecule has 2 aromatic rings. The van der Waals surface area contributed by atoms with Gasteiger partial charge in [0.15, 0.2) is 11.2 Å². The van der Waals surface area contributed by atoms with E-state index in [0.29, 0.717) is 6.42 Å². The zero-order chi connectivity index (χ0) is 28.2. The number of hydrogen-bond donors (Lipinski definition) is 4. The normalized spacial score (nSPS) is 19.7. The van der Waals surface area contributed by atoms with Crippen LogP contribution in [-0.2, 0) is 33.1 Å². The molecule has 16 heteroatoms. The van der Waals surface area contributed by atoms with Crippen LogP contribution in [0.25, 0.3) is 11.2 Å². The quantitative estimate of drug-likeness (QED) is 0.213. The number of imidazole rings is 1. The third-order valence-electron chi connectivity index (χ3n) is 5.41. The van der Waals surface area contributed by atoms with Gasteiger partial charge in [-0.3, -0.25) is 28.5 Å². The molecular formula is C22H36N7O8P. The van der Waals surface area contributed by atoms with Crippen molar-refractivity contribution in [1.29, 1.82) is 0 Å². The van der Waals surface area contributed by atoms with Gasteiger partial charge in [0.2, 0.25) is 13.4 Å². The molecule has 3 rings (SSSR count). The Morgan fingerprint density at radius 1 is 1.16 bits per heavy atom. The summed E-state index contributed by atoms with van der Waals surface area (Å²) < 4.78 is 37.6. The lowest BCUT2D eigenvalue weighted by molar-refractivity contribution is -0.149. The van der Waals surface area contributed by atoms with Crippen molar-refractivity contribution in [2.75, 3.05) is 18.7 Å². The molecule has 1 fully saturated rings. The predicted molar refractivity (Wildman–Crippen MR) is 137 cm³/mol. The molecule has 15 nitrogen and oxygen atoms in total. The van der Waals surface area contributed by atoms with Crippen molar-refractivity contribution in [1.82, 2.24) is 29.7 Å². The van der Waals surface area contributed by atoms with Crippen molar-refractivity contribution in [3.05, 3.63) is 16.7 Å². The number of nitrogens with two attached hydrogens (primary N) is 1. The Morgan fingerprint density at radius 2 is 1.74 bits per heavy atom. The first-order valence-electron chi connectivity index (χ1n) is 12.3. The number of esters is 2. The van der Waals surface area contributed by atoms with E-state index in [-0.39, 0.29) is 42.3 Å². The molecule has 2 aromatic heterocycles. The van der Waals surface area contributed by atoms with Crippen LogP contribution in [0.5, 0.6) is 0 Å². The molecule has 0 aliphatic carbocycles. The maximum atomic E-state index is 13.9. The molecule has 0 bridgehead atoms. The average molecular weight is 558 g/mol. The topological polar surface area (TPSA) is 202 Å². The highest BCUT2D eigenvalue weighted by Gasteiger charge is 2.36. The third-order valence-corrected chi connectivity index (χ3v) is 7.53. The Balaban J connectivity index is 1.70. The predicted octanol–water partition coefficient (Wildman–Crippen LogP) is 1.02. The summed E-state index contributed by atoms with van der Waals surface area (Å²) in [4.78, 5) is 47.4. The van der Waals surface area contributed by atoms with E-state index in [0.717, 1.165) is 0 Å². The van der Waals surface area contributed by atoms with E-state index in [1.54, 1.807) is 32.3 Å². The number of nitrogens with zero attached hydrogens (tertiary/aromatic N) is 3. The van der Waals surface area contributed by atoms with Crippen LogP contribution in [0, 0.1) is 0 Å². The molecule has 1 aliphatic heterocycles. The molecule has 0 radical (unpaired) electrons. The van der Waals surface area contributed by atoms with Crippen LogP contribution in [0.1, 0.15) is 54.2 Å². The number of hydrogen-bond acceptors (Lipinski definition) is 11. The monoisotopic (exact) mass is 557 g/mol. The lowest BCUT2D eigenvalue weighted by Gasteiger charge is -2.27. The molecule has 1 aliphatic rings. The Morgan fingerprint density at radius 3 is 2.29 bits per heavy atom. The number of nitrogen functional groups attached to an aromatic ring is 1. The molecule has 0 aromatic carbocycles. The Hall–Kier alpha value is -2.84. The molecule has 212 valence electrons. The molecule has 0 unspecified atom stereocenters. The van der Waals surface area contributed by atoms with Gasteiger partial charge in [0.05, 0.1) is 31.2 Å². The zero-order valence-corrected chi connectivity index (χ0v) is 23.2. The maximum Gasteiger partial charge on any atom is 0.323 e. The van der Waals surface area contributed by atoms with Crippen LogP contribution < -0.4 is 21.5 Å². The summed E-state index contributed by atoms with van der Waals surface area (Å²) in [5.74, 6) is -1.25. The molecule has 4 atom stereocenters. The van der Waals surface area contributed by atoms with E-state index in [1.165, 1.54) is 20.2 Å². The Bertz CT molecular complexity index is 1210. The highest BCUT2D eigenvalue weighted by molar-refractivity contribution is 7.59. The van der Waals surface area contributed by atoms with Crippen LogP contribution in [-0.4, -0.2) is 74.8 Å². The van der Waals surface area contributed by atoms with Crippen LogP contribution in [0.15, 0.2) is 11.1 Å². The first-order valence-corrected chi connectivity index (χ1v) is 14.2. The highest BCUT2D eigenvalue weighted by atomic mass is 31.2. The van der Waals surface area contributed by atoms with Gasteiger partial charge in [0, 0.05) is 6.42 Å². The number of aromatic nitrogens is 4. The summed E-state index contributed by atoms with van der Waals surface area (Å²) in [6.45, 7) is 9.99. The van der Waals surface area contributed by atoms with Crippen molar-refractivity contribution >= 4 is 36.5 Å². The fourth-order valence-electron chi connectivity index (χ4n) is 3.77. The number of aromatic amines is 1. The van der Waals surface area contributed by atoms with E-state index in [9.17, 15) is 18.9 Å². The second kappa shape index (κ2) is 12.3. The van der Waals surface area contributed by atoms with Crippen molar-refractivity contribution in [2.24, 2.45) is 0 Å². The van der Waals surface area contributed by atoms with Gasteiger partial charge in [0.25, 0.3) is 5.56 Å². The first kappa shape index (κ1) is 29.7. The van der Waals surface area contributed by atoms with Crippen molar-refractivity contribution in [2.45, 2.75) is 84.6 Å². The van der Waals surface area contributed by atoms with E-state index < -0.39 is 49.4 Å². The van der Waals surface area contributed by atoms with Gasteiger partial charge in [0.1, 0.15) is 24.7 Å². The van der Waals surface area contributed by atoms with Crippen LogP contribution in [0.2, 0.25) is 0 Å². The largest absolute Gasteiger partial charge is 0.462 e. The molecule has 0 spiro atoms. The zero-order valence-electron chi connectivity index (χ0n) is 22.3. The van der Waals surface area contributed by atoms with Crippen molar-refractivity contribution in [3.8, 4) is 0 Å². The smallest absolute Gasteiger partial charge is 0.323 e. The molecule has 5 N–H and O–H groups in total. The summed E-state index contributed by atoms with van der Waals surface area (Å²) >= 11 is 0. The molecular weight excluding hydrogens is 521 g/mol. The highest BCUT2D eigenvalue weighted by Crippen LogP contribution is 2.39. The number of anilines is 1. The van der Waals surface area contributed by atoms with Gasteiger partial charge in [-0.05, 0) is 41.5 Å². The lowest BCUT2D eigenvalue weighted by atomic mass is 10.3. The molecule has 3 heterocycles. The summed E-state index contributed by atoms with van der Waals surface area (Å²) in [7, 11) is -3.68. The van der Waals surface area contributed by atoms with E-state index in [2.05, 4.69) is 25.1 Å². The van der Waals surface area contributed by atoms with Gasteiger partial charge in [-0.2, -0.15) is 4.98 Å². The van der Waals surface area contributed by atoms with Gasteiger partial charge in [-0.1, -0.05) is 0 Å². The fraction of sp³-hybridized carbons (Fsp3) is 0.682. The van der Waals surface area contributed by atoms with Gasteiger partial charge in [-0.25, -0.2) is 15.2 Å². The SMILES string of the molecule is CC(C)OC(=O)[C@H](C)NP(=O)(CO[C@H]1CO[C@@H](n2cnc3c(=O)[nH]c(N)nc32)C1)N[C@@H](C)C(=O)OC(C)C. The standard InChI is InChI=1S/C22H36N7O8P/c1-11(2)36-20(31)13(5)27-38(33,28-14(6)21(32)37-12(3)4)10-35-15-7-16(34-8-15)29-9-24-17-18(29)25-22(23)26-19(17)30/h9,11-16H,7-8,10H2,1-6H3,(H2,27,28,33)(H3,23,25,26,30)/t13-,14-,15+,16+/m0/s1. The number of carbonyl (C=O) groups is 2. The molecule has 38 heavy (non-hydrogen) atoms. The van der Waals surface area contributed by atoms with E-state index in [1.807, 2.05) is 0 Å². The number of rotatable bonds is 12. The average Bonchev–Trinajstić information content (AvgIpc) is 3.43. The lowest BCUT2D eigenvalue weighted by Crippen LogP contribution is -2.43. The molecule has 0 amide bonds. The summed E-state index contributed by atoms with van der Waals surface area (Å²) in [5, 5.41) is 5.51. The summed E-state index contributed by atoms with van der Waals surface area (Å²) in [5.41, 5.74) is 5.58. The summed E-state index contributed by atoms with van der Waals surface area (Å²) in [6, 6.07) is -1.90. The first-order chi connectivity index (χ1) is 17.8. The van der Waals surface area contributed by atoms with Crippen LogP contribution >= 0.6 is 7.44 Å². The van der Waals surface area contributed by atoms with Crippen molar-refractivity contribution in [3.63, 3.8) is 0 Å². The van der Waals surface area contributed by atoms with Crippen molar-refractivity contribution < 1.29 is 33.1 Å².